The Hall–Kier alpha value is -0.530. The predicted octanol–water partition coefficient (Wildman–Crippen LogP) is 4.13. The average Bonchev–Trinajstić information content (AvgIpc) is 2.23. The monoisotopic (exact) mass is 240 g/mol. The molecule has 2 heteroatoms. The van der Waals surface area contributed by atoms with Gasteiger partial charge in [0.1, 0.15) is 0 Å². The number of aliphatic hydroxyl groups excluding tert-OH is 1. The van der Waals surface area contributed by atoms with Gasteiger partial charge in [0.25, 0.3) is 0 Å². The van der Waals surface area contributed by atoms with Gasteiger partial charge in [-0.1, -0.05) is 49.9 Å². The second-order valence-corrected chi connectivity index (χ2v) is 4.86. The van der Waals surface area contributed by atoms with E-state index in [1.807, 2.05) is 25.1 Å². The summed E-state index contributed by atoms with van der Waals surface area (Å²) in [6, 6.07) is 6.01. The largest absolute Gasteiger partial charge is 0.393 e. The minimum atomic E-state index is -0.258. The van der Waals surface area contributed by atoms with E-state index in [2.05, 4.69) is 6.92 Å². The lowest BCUT2D eigenvalue weighted by molar-refractivity contribution is 0.161. The molecule has 0 aromatic heterocycles. The van der Waals surface area contributed by atoms with Crippen molar-refractivity contribution in [3.63, 3.8) is 0 Å². The summed E-state index contributed by atoms with van der Waals surface area (Å²) >= 11 is 6.12. The number of hydrogen-bond acceptors (Lipinski definition) is 1. The van der Waals surface area contributed by atoms with Crippen LogP contribution < -0.4 is 0 Å². The molecule has 0 aliphatic rings. The number of hydrogen-bond donors (Lipinski definition) is 1. The molecule has 0 bridgehead atoms. The van der Waals surface area contributed by atoms with Crippen LogP contribution in [0.1, 0.15) is 43.7 Å². The van der Waals surface area contributed by atoms with E-state index in [1.54, 1.807) is 0 Å². The first-order valence-corrected chi connectivity index (χ1v) is 6.44. The number of unbranched alkanes of at least 4 members (excludes halogenated alkanes) is 2. The first kappa shape index (κ1) is 13.5. The molecule has 0 radical (unpaired) electrons. The van der Waals surface area contributed by atoms with Gasteiger partial charge in [-0.3, -0.25) is 0 Å². The highest BCUT2D eigenvalue weighted by atomic mass is 35.5. The molecule has 1 N–H and O–H groups in total. The third kappa shape index (κ3) is 4.54. The summed E-state index contributed by atoms with van der Waals surface area (Å²) < 4.78 is 0. The van der Waals surface area contributed by atoms with Crippen LogP contribution in [0.25, 0.3) is 0 Å². The SMILES string of the molecule is CCCCCC(O)Cc1ccc(C)cc1Cl. The molecule has 0 fully saturated rings. The van der Waals surface area contributed by atoms with E-state index < -0.39 is 0 Å². The van der Waals surface area contributed by atoms with Crippen LogP contribution in [0.15, 0.2) is 18.2 Å². The Morgan fingerprint density at radius 3 is 2.69 bits per heavy atom. The summed E-state index contributed by atoms with van der Waals surface area (Å²) in [7, 11) is 0. The van der Waals surface area contributed by atoms with Gasteiger partial charge in [-0.2, -0.15) is 0 Å². The minimum absolute atomic E-state index is 0.258. The lowest BCUT2D eigenvalue weighted by atomic mass is 10.0. The van der Waals surface area contributed by atoms with Crippen LogP contribution >= 0.6 is 11.6 Å². The maximum Gasteiger partial charge on any atom is 0.0581 e. The van der Waals surface area contributed by atoms with Gasteiger partial charge in [-0.15, -0.1) is 0 Å². The number of aryl methyl sites for hydroxylation is 1. The first-order valence-electron chi connectivity index (χ1n) is 6.06. The second-order valence-electron chi connectivity index (χ2n) is 4.45. The third-order valence-corrected chi connectivity index (χ3v) is 3.16. The Kier molecular flexibility index (Phi) is 5.86. The van der Waals surface area contributed by atoms with Gasteiger partial charge in [0.2, 0.25) is 0 Å². The van der Waals surface area contributed by atoms with Crippen molar-refractivity contribution in [3.05, 3.63) is 34.3 Å². The van der Waals surface area contributed by atoms with Crippen LogP contribution in [0.4, 0.5) is 0 Å². The zero-order valence-corrected chi connectivity index (χ0v) is 10.9. The maximum atomic E-state index is 9.86. The van der Waals surface area contributed by atoms with E-state index in [0.29, 0.717) is 6.42 Å². The molecule has 0 heterocycles. The fraction of sp³-hybridized carbons (Fsp3) is 0.571. The third-order valence-electron chi connectivity index (χ3n) is 2.81. The molecule has 90 valence electrons. The van der Waals surface area contributed by atoms with Gasteiger partial charge in [-0.25, -0.2) is 0 Å². The number of rotatable bonds is 6. The highest BCUT2D eigenvalue weighted by Crippen LogP contribution is 2.20. The molecule has 1 aromatic carbocycles. The summed E-state index contributed by atoms with van der Waals surface area (Å²) in [5.41, 5.74) is 2.21. The minimum Gasteiger partial charge on any atom is -0.393 e. The Morgan fingerprint density at radius 2 is 2.06 bits per heavy atom. The Labute approximate surface area is 103 Å². The van der Waals surface area contributed by atoms with Crippen molar-refractivity contribution in [2.45, 2.75) is 52.1 Å². The molecule has 1 aromatic rings. The standard InChI is InChI=1S/C14H21ClO/c1-3-4-5-6-13(16)10-12-8-7-11(2)9-14(12)15/h7-9,13,16H,3-6,10H2,1-2H3. The average molecular weight is 241 g/mol. The smallest absolute Gasteiger partial charge is 0.0581 e. The highest BCUT2D eigenvalue weighted by Gasteiger charge is 2.08. The van der Waals surface area contributed by atoms with E-state index in [1.165, 1.54) is 12.8 Å². The highest BCUT2D eigenvalue weighted by molar-refractivity contribution is 6.31. The quantitative estimate of drug-likeness (QED) is 0.742. The fourth-order valence-electron chi connectivity index (χ4n) is 1.80. The van der Waals surface area contributed by atoms with Crippen LogP contribution in [0, 0.1) is 6.92 Å². The van der Waals surface area contributed by atoms with E-state index in [0.717, 1.165) is 29.0 Å². The van der Waals surface area contributed by atoms with Crippen LogP contribution in [0.2, 0.25) is 5.02 Å². The van der Waals surface area contributed by atoms with Crippen molar-refractivity contribution in [2.24, 2.45) is 0 Å². The Bertz CT molecular complexity index is 323. The van der Waals surface area contributed by atoms with Gasteiger partial charge in [0.05, 0.1) is 6.10 Å². The maximum absolute atomic E-state index is 9.86. The van der Waals surface area contributed by atoms with Crippen LogP contribution in [0.3, 0.4) is 0 Å². The molecule has 1 rings (SSSR count). The molecule has 0 saturated heterocycles. The van der Waals surface area contributed by atoms with Crippen molar-refractivity contribution in [3.8, 4) is 0 Å². The van der Waals surface area contributed by atoms with Crippen molar-refractivity contribution in [1.82, 2.24) is 0 Å². The lowest BCUT2D eigenvalue weighted by Gasteiger charge is -2.11. The van der Waals surface area contributed by atoms with Gasteiger partial charge < -0.3 is 5.11 Å². The molecule has 16 heavy (non-hydrogen) atoms. The molecule has 1 nitrogen and oxygen atoms in total. The van der Waals surface area contributed by atoms with Crippen molar-refractivity contribution >= 4 is 11.6 Å². The van der Waals surface area contributed by atoms with Crippen molar-refractivity contribution < 1.29 is 5.11 Å². The summed E-state index contributed by atoms with van der Waals surface area (Å²) in [5.74, 6) is 0. The Balaban J connectivity index is 2.46. The summed E-state index contributed by atoms with van der Waals surface area (Å²) in [4.78, 5) is 0. The lowest BCUT2D eigenvalue weighted by Crippen LogP contribution is -2.10. The van der Waals surface area contributed by atoms with E-state index in [4.69, 9.17) is 11.6 Å². The van der Waals surface area contributed by atoms with Crippen molar-refractivity contribution in [1.29, 1.82) is 0 Å². The normalized spacial score (nSPS) is 12.8. The van der Waals surface area contributed by atoms with Gasteiger partial charge in [-0.05, 0) is 37.0 Å². The molecule has 0 aliphatic carbocycles. The Morgan fingerprint density at radius 1 is 1.31 bits per heavy atom. The zero-order chi connectivity index (χ0) is 12.0. The first-order chi connectivity index (χ1) is 7.63. The van der Waals surface area contributed by atoms with E-state index in [-0.39, 0.29) is 6.10 Å². The zero-order valence-electron chi connectivity index (χ0n) is 10.2. The topological polar surface area (TPSA) is 20.2 Å². The molecule has 1 unspecified atom stereocenters. The summed E-state index contributed by atoms with van der Waals surface area (Å²) in [6.45, 7) is 4.19. The molecular formula is C14H21ClO. The van der Waals surface area contributed by atoms with Gasteiger partial charge >= 0.3 is 0 Å². The molecule has 0 amide bonds. The van der Waals surface area contributed by atoms with E-state index in [9.17, 15) is 5.11 Å². The fourth-order valence-corrected chi connectivity index (χ4v) is 2.12. The van der Waals surface area contributed by atoms with Gasteiger partial charge in [0, 0.05) is 5.02 Å². The van der Waals surface area contributed by atoms with Crippen LogP contribution in [-0.2, 0) is 6.42 Å². The number of aliphatic hydroxyl groups is 1. The molecular weight excluding hydrogens is 220 g/mol. The molecule has 0 spiro atoms. The summed E-state index contributed by atoms with van der Waals surface area (Å²) in [6.07, 6.45) is 4.77. The van der Waals surface area contributed by atoms with Crippen molar-refractivity contribution in [2.75, 3.05) is 0 Å². The van der Waals surface area contributed by atoms with E-state index >= 15 is 0 Å². The number of halogens is 1. The second kappa shape index (κ2) is 6.93. The molecule has 0 saturated carbocycles. The van der Waals surface area contributed by atoms with Gasteiger partial charge in [0.15, 0.2) is 0 Å². The predicted molar refractivity (Wildman–Crippen MR) is 70.0 cm³/mol. The molecule has 0 aliphatic heterocycles. The number of benzene rings is 1. The summed E-state index contributed by atoms with van der Waals surface area (Å²) in [5, 5.41) is 10.6. The van der Waals surface area contributed by atoms with Crippen LogP contribution in [-0.4, -0.2) is 11.2 Å². The van der Waals surface area contributed by atoms with Crippen LogP contribution in [0.5, 0.6) is 0 Å². The molecule has 1 atom stereocenters.